The molecule has 1 rings (SSSR count). The minimum Gasteiger partial charge on any atom is -0.0651 e. The van der Waals surface area contributed by atoms with E-state index in [0.29, 0.717) is 0 Å². The van der Waals surface area contributed by atoms with Gasteiger partial charge in [-0.3, -0.25) is 0 Å². The molecule has 0 heterocycles. The third kappa shape index (κ3) is 2.74. The molecule has 0 amide bonds. The summed E-state index contributed by atoms with van der Waals surface area (Å²) in [5.74, 6) is 0. The van der Waals surface area contributed by atoms with E-state index in [-0.39, 0.29) is 0 Å². The molecule has 0 bridgehead atoms. The van der Waals surface area contributed by atoms with Gasteiger partial charge in [0.05, 0.1) is 0 Å². The minimum atomic E-state index is 1.24. The highest BCUT2D eigenvalue weighted by Crippen LogP contribution is 2.39. The standard InChI is InChI=1S/C15H26/c1-5-9-13-11-12(7-3)14(8-4)15(13)10-6-2/h5-11H2,1-4H3. The summed E-state index contributed by atoms with van der Waals surface area (Å²) < 4.78 is 0. The van der Waals surface area contributed by atoms with Gasteiger partial charge in [0.25, 0.3) is 0 Å². The molecule has 0 radical (unpaired) electrons. The molecule has 0 aromatic heterocycles. The monoisotopic (exact) mass is 206 g/mol. The van der Waals surface area contributed by atoms with Crippen molar-refractivity contribution in [3.63, 3.8) is 0 Å². The molecule has 0 atom stereocenters. The predicted octanol–water partition coefficient (Wildman–Crippen LogP) is 5.40. The van der Waals surface area contributed by atoms with Crippen LogP contribution in [0.2, 0.25) is 0 Å². The van der Waals surface area contributed by atoms with Crippen molar-refractivity contribution in [2.24, 2.45) is 0 Å². The predicted molar refractivity (Wildman–Crippen MR) is 69.1 cm³/mol. The van der Waals surface area contributed by atoms with Crippen LogP contribution in [0, 0.1) is 0 Å². The van der Waals surface area contributed by atoms with E-state index >= 15 is 0 Å². The molecule has 1 aliphatic carbocycles. The van der Waals surface area contributed by atoms with Crippen LogP contribution in [0.1, 0.15) is 72.6 Å². The summed E-state index contributed by atoms with van der Waals surface area (Å²) in [5.41, 5.74) is 6.93. The van der Waals surface area contributed by atoms with E-state index in [1.165, 1.54) is 44.9 Å². The van der Waals surface area contributed by atoms with Gasteiger partial charge in [-0.25, -0.2) is 0 Å². The molecule has 86 valence electrons. The van der Waals surface area contributed by atoms with Crippen LogP contribution in [0.15, 0.2) is 22.3 Å². The summed E-state index contributed by atoms with van der Waals surface area (Å²) >= 11 is 0. The fourth-order valence-corrected chi connectivity index (χ4v) is 2.82. The van der Waals surface area contributed by atoms with Crippen molar-refractivity contribution >= 4 is 0 Å². The maximum absolute atomic E-state index is 2.32. The third-order valence-corrected chi connectivity index (χ3v) is 3.48. The van der Waals surface area contributed by atoms with Crippen LogP contribution in [0.5, 0.6) is 0 Å². The summed E-state index contributed by atoms with van der Waals surface area (Å²) in [6.07, 6.45) is 9.02. The molecule has 1 aliphatic rings. The zero-order valence-corrected chi connectivity index (χ0v) is 10.9. The Kier molecular flexibility index (Phi) is 5.14. The molecule has 0 aliphatic heterocycles. The first-order chi connectivity index (χ1) is 7.28. The lowest BCUT2D eigenvalue weighted by Gasteiger charge is -2.09. The highest BCUT2D eigenvalue weighted by molar-refractivity contribution is 5.47. The summed E-state index contributed by atoms with van der Waals surface area (Å²) in [5, 5.41) is 0. The van der Waals surface area contributed by atoms with Gasteiger partial charge in [-0.05, 0) is 43.3 Å². The second-order valence-corrected chi connectivity index (χ2v) is 4.55. The molecule has 0 N–H and O–H groups in total. The number of allylic oxidation sites excluding steroid dienone is 4. The van der Waals surface area contributed by atoms with Gasteiger partial charge in [0, 0.05) is 0 Å². The van der Waals surface area contributed by atoms with Gasteiger partial charge in [0.15, 0.2) is 0 Å². The first-order valence-electron chi connectivity index (χ1n) is 6.70. The van der Waals surface area contributed by atoms with Gasteiger partial charge in [0.1, 0.15) is 0 Å². The van der Waals surface area contributed by atoms with Crippen LogP contribution in [-0.4, -0.2) is 0 Å². The molecule has 0 saturated heterocycles. The molecular weight excluding hydrogens is 180 g/mol. The van der Waals surface area contributed by atoms with E-state index in [9.17, 15) is 0 Å². The zero-order valence-electron chi connectivity index (χ0n) is 10.9. The van der Waals surface area contributed by atoms with Gasteiger partial charge < -0.3 is 0 Å². The largest absolute Gasteiger partial charge is 0.0651 e. The number of hydrogen-bond donors (Lipinski definition) is 0. The van der Waals surface area contributed by atoms with Crippen molar-refractivity contribution in [3.8, 4) is 0 Å². The fourth-order valence-electron chi connectivity index (χ4n) is 2.82. The molecule has 0 aromatic rings. The first kappa shape index (κ1) is 12.5. The van der Waals surface area contributed by atoms with Crippen molar-refractivity contribution < 1.29 is 0 Å². The molecule has 0 nitrogen and oxygen atoms in total. The molecule has 0 fully saturated rings. The van der Waals surface area contributed by atoms with Crippen molar-refractivity contribution in [1.82, 2.24) is 0 Å². The lowest BCUT2D eigenvalue weighted by Crippen LogP contribution is -1.89. The maximum Gasteiger partial charge on any atom is -0.00967 e. The van der Waals surface area contributed by atoms with Crippen LogP contribution in [0.25, 0.3) is 0 Å². The lowest BCUT2D eigenvalue weighted by molar-refractivity contribution is 0.832. The van der Waals surface area contributed by atoms with E-state index in [4.69, 9.17) is 0 Å². The Labute approximate surface area is 95.5 Å². The van der Waals surface area contributed by atoms with E-state index in [0.717, 1.165) is 0 Å². The van der Waals surface area contributed by atoms with Gasteiger partial charge in [-0.1, -0.05) is 51.7 Å². The van der Waals surface area contributed by atoms with Crippen LogP contribution in [0.4, 0.5) is 0 Å². The summed E-state index contributed by atoms with van der Waals surface area (Å²) in [7, 11) is 0. The van der Waals surface area contributed by atoms with E-state index in [1.54, 1.807) is 22.3 Å². The Morgan fingerprint density at radius 1 is 0.733 bits per heavy atom. The Bertz CT molecular complexity index is 266. The quantitative estimate of drug-likeness (QED) is 0.545. The molecule has 15 heavy (non-hydrogen) atoms. The summed E-state index contributed by atoms with van der Waals surface area (Å²) in [6.45, 7) is 9.22. The van der Waals surface area contributed by atoms with E-state index < -0.39 is 0 Å². The normalized spacial score (nSPS) is 16.8. The van der Waals surface area contributed by atoms with Crippen LogP contribution < -0.4 is 0 Å². The fraction of sp³-hybridized carbons (Fsp3) is 0.733. The average Bonchev–Trinajstić information content (AvgIpc) is 2.57. The van der Waals surface area contributed by atoms with Gasteiger partial charge in [0.2, 0.25) is 0 Å². The average molecular weight is 206 g/mol. The first-order valence-corrected chi connectivity index (χ1v) is 6.70. The van der Waals surface area contributed by atoms with Crippen LogP contribution in [-0.2, 0) is 0 Å². The number of hydrogen-bond acceptors (Lipinski definition) is 0. The Balaban J connectivity index is 2.90. The zero-order chi connectivity index (χ0) is 11.3. The Hall–Kier alpha value is -0.520. The number of rotatable bonds is 6. The van der Waals surface area contributed by atoms with E-state index in [1.807, 2.05) is 0 Å². The van der Waals surface area contributed by atoms with Crippen molar-refractivity contribution in [2.45, 2.75) is 72.6 Å². The van der Waals surface area contributed by atoms with Crippen LogP contribution >= 0.6 is 0 Å². The molecular formula is C15H26. The van der Waals surface area contributed by atoms with Gasteiger partial charge in [-0.2, -0.15) is 0 Å². The van der Waals surface area contributed by atoms with E-state index in [2.05, 4.69) is 27.7 Å². The second-order valence-electron chi connectivity index (χ2n) is 4.55. The second kappa shape index (κ2) is 6.15. The van der Waals surface area contributed by atoms with Crippen molar-refractivity contribution in [1.29, 1.82) is 0 Å². The smallest absolute Gasteiger partial charge is 0.00967 e. The maximum atomic E-state index is 2.32. The highest BCUT2D eigenvalue weighted by Gasteiger charge is 2.20. The summed E-state index contributed by atoms with van der Waals surface area (Å²) in [4.78, 5) is 0. The van der Waals surface area contributed by atoms with Crippen molar-refractivity contribution in [3.05, 3.63) is 22.3 Å². The molecule has 0 saturated carbocycles. The third-order valence-electron chi connectivity index (χ3n) is 3.48. The van der Waals surface area contributed by atoms with Crippen molar-refractivity contribution in [2.75, 3.05) is 0 Å². The molecule has 0 heteroatoms. The van der Waals surface area contributed by atoms with Crippen LogP contribution in [0.3, 0.4) is 0 Å². The minimum absolute atomic E-state index is 1.24. The van der Waals surface area contributed by atoms with Gasteiger partial charge >= 0.3 is 0 Å². The molecule has 0 unspecified atom stereocenters. The Morgan fingerprint density at radius 2 is 1.40 bits per heavy atom. The molecule has 0 spiro atoms. The van der Waals surface area contributed by atoms with Gasteiger partial charge in [-0.15, -0.1) is 0 Å². The molecule has 0 aromatic carbocycles. The lowest BCUT2D eigenvalue weighted by atomic mass is 9.97. The summed E-state index contributed by atoms with van der Waals surface area (Å²) in [6, 6.07) is 0. The SMILES string of the molecule is CCCC1=C(CCC)C(CC)=C(CC)C1. The Morgan fingerprint density at radius 3 is 1.87 bits per heavy atom. The highest BCUT2D eigenvalue weighted by atomic mass is 14.3. The topological polar surface area (TPSA) is 0 Å².